The zero-order valence-corrected chi connectivity index (χ0v) is 13.1. The van der Waals surface area contributed by atoms with Crippen LogP contribution in [0.5, 0.6) is 0 Å². The molecule has 0 saturated carbocycles. The summed E-state index contributed by atoms with van der Waals surface area (Å²) >= 11 is 0. The third kappa shape index (κ3) is 6.26. The fourth-order valence-corrected chi connectivity index (χ4v) is 1.82. The molecule has 1 unspecified atom stereocenters. The van der Waals surface area contributed by atoms with E-state index in [1.807, 2.05) is 6.08 Å². The van der Waals surface area contributed by atoms with E-state index < -0.39 is 0 Å². The van der Waals surface area contributed by atoms with Gasteiger partial charge in [0.2, 0.25) is 0 Å². The molecule has 1 atom stereocenters. The fraction of sp³-hybridized carbons (Fsp3) is 0.750. The van der Waals surface area contributed by atoms with Crippen molar-refractivity contribution in [3.05, 3.63) is 12.7 Å². The minimum atomic E-state index is 0. The van der Waals surface area contributed by atoms with E-state index >= 15 is 0 Å². The van der Waals surface area contributed by atoms with Gasteiger partial charge in [-0.05, 0) is 13.3 Å². The molecule has 1 aliphatic rings. The van der Waals surface area contributed by atoms with Gasteiger partial charge in [0, 0.05) is 32.7 Å². The molecule has 5 heteroatoms. The van der Waals surface area contributed by atoms with Crippen LogP contribution in [-0.4, -0.2) is 50.8 Å². The minimum absolute atomic E-state index is 0. The molecule has 0 amide bonds. The molecular weight excluding hydrogens is 329 g/mol. The number of halogens is 1. The van der Waals surface area contributed by atoms with Crippen LogP contribution in [0.25, 0.3) is 0 Å². The minimum Gasteiger partial charge on any atom is -0.381 e. The third-order valence-corrected chi connectivity index (χ3v) is 2.62. The van der Waals surface area contributed by atoms with Crippen molar-refractivity contribution in [3.63, 3.8) is 0 Å². The largest absolute Gasteiger partial charge is 0.381 e. The zero-order chi connectivity index (χ0) is 11.8. The lowest BCUT2D eigenvalue weighted by molar-refractivity contribution is 0.181. The van der Waals surface area contributed by atoms with Gasteiger partial charge >= 0.3 is 0 Å². The Balaban J connectivity index is 0.00000256. The first kappa shape index (κ1) is 16.7. The number of rotatable bonds is 5. The highest BCUT2D eigenvalue weighted by Gasteiger charge is 2.18. The van der Waals surface area contributed by atoms with Gasteiger partial charge < -0.3 is 15.0 Å². The normalized spacial score (nSPS) is 19.6. The quantitative estimate of drug-likeness (QED) is 0.354. The molecule has 1 heterocycles. The monoisotopic (exact) mass is 353 g/mol. The van der Waals surface area contributed by atoms with E-state index in [1.165, 1.54) is 0 Å². The van der Waals surface area contributed by atoms with Gasteiger partial charge in [0.25, 0.3) is 0 Å². The molecule has 0 aliphatic carbocycles. The maximum absolute atomic E-state index is 5.38. The zero-order valence-electron chi connectivity index (χ0n) is 10.8. The summed E-state index contributed by atoms with van der Waals surface area (Å²) in [7, 11) is 2.07. The van der Waals surface area contributed by atoms with E-state index in [1.54, 1.807) is 0 Å². The van der Waals surface area contributed by atoms with E-state index in [-0.39, 0.29) is 24.0 Å². The molecule has 1 aliphatic heterocycles. The molecule has 1 fully saturated rings. The van der Waals surface area contributed by atoms with Crippen molar-refractivity contribution in [2.24, 2.45) is 10.9 Å². The summed E-state index contributed by atoms with van der Waals surface area (Å²) < 4.78 is 5.38. The first-order chi connectivity index (χ1) is 7.77. The number of hydrogen-bond donors (Lipinski definition) is 1. The Labute approximate surface area is 122 Å². The lowest BCUT2D eigenvalue weighted by Crippen LogP contribution is -2.41. The van der Waals surface area contributed by atoms with Crippen molar-refractivity contribution in [2.75, 3.05) is 39.9 Å². The highest BCUT2D eigenvalue weighted by molar-refractivity contribution is 14.0. The van der Waals surface area contributed by atoms with Gasteiger partial charge in [-0.25, -0.2) is 4.99 Å². The van der Waals surface area contributed by atoms with Crippen LogP contribution in [0.15, 0.2) is 17.6 Å². The van der Waals surface area contributed by atoms with Crippen LogP contribution in [0.4, 0.5) is 0 Å². The third-order valence-electron chi connectivity index (χ3n) is 2.62. The van der Waals surface area contributed by atoms with Gasteiger partial charge in [-0.3, -0.25) is 0 Å². The molecular formula is C12H24IN3O. The standard InChI is InChI=1S/C12H23N3O.HI/c1-4-7-14-12(13-5-2)15(3)9-11-6-8-16-10-11;/h4,11H,1,5-10H2,2-3H3,(H,13,14);1H. The first-order valence-corrected chi connectivity index (χ1v) is 5.96. The fourth-order valence-electron chi connectivity index (χ4n) is 1.82. The number of nitrogens with zero attached hydrogens (tertiary/aromatic N) is 2. The molecule has 100 valence electrons. The van der Waals surface area contributed by atoms with Gasteiger partial charge in [0.1, 0.15) is 0 Å². The Bertz CT molecular complexity index is 240. The van der Waals surface area contributed by atoms with E-state index in [4.69, 9.17) is 4.74 Å². The predicted molar refractivity (Wildman–Crippen MR) is 83.1 cm³/mol. The van der Waals surface area contributed by atoms with Gasteiger partial charge in [-0.2, -0.15) is 0 Å². The van der Waals surface area contributed by atoms with Crippen LogP contribution >= 0.6 is 24.0 Å². The molecule has 0 aromatic carbocycles. The van der Waals surface area contributed by atoms with Crippen molar-refractivity contribution in [1.82, 2.24) is 10.2 Å². The van der Waals surface area contributed by atoms with Gasteiger partial charge in [-0.15, -0.1) is 30.6 Å². The number of guanidine groups is 1. The second-order valence-corrected chi connectivity index (χ2v) is 4.09. The van der Waals surface area contributed by atoms with Gasteiger partial charge in [0.15, 0.2) is 5.96 Å². The van der Waals surface area contributed by atoms with E-state index in [0.717, 1.165) is 38.7 Å². The van der Waals surface area contributed by atoms with E-state index in [9.17, 15) is 0 Å². The summed E-state index contributed by atoms with van der Waals surface area (Å²) in [6.45, 7) is 10.1. The first-order valence-electron chi connectivity index (χ1n) is 5.96. The molecule has 1 saturated heterocycles. The number of ether oxygens (including phenoxy) is 1. The SMILES string of the molecule is C=CCN=C(NCC)N(C)CC1CCOC1.I. The maximum atomic E-state index is 5.38. The summed E-state index contributed by atoms with van der Waals surface area (Å²) in [5, 5.41) is 3.28. The van der Waals surface area contributed by atoms with E-state index in [2.05, 4.69) is 35.8 Å². The molecule has 0 spiro atoms. The summed E-state index contributed by atoms with van der Waals surface area (Å²) in [5.41, 5.74) is 0. The van der Waals surface area contributed by atoms with Crippen molar-refractivity contribution >= 4 is 29.9 Å². The number of aliphatic imine (C=N–C) groups is 1. The number of hydrogen-bond acceptors (Lipinski definition) is 2. The average molecular weight is 353 g/mol. The van der Waals surface area contributed by atoms with Crippen LogP contribution in [0.3, 0.4) is 0 Å². The lowest BCUT2D eigenvalue weighted by Gasteiger charge is -2.24. The van der Waals surface area contributed by atoms with Crippen LogP contribution in [0, 0.1) is 5.92 Å². The highest BCUT2D eigenvalue weighted by atomic mass is 127. The Morgan fingerprint density at radius 1 is 1.65 bits per heavy atom. The van der Waals surface area contributed by atoms with Crippen molar-refractivity contribution < 1.29 is 4.74 Å². The Hall–Kier alpha value is -0.300. The summed E-state index contributed by atoms with van der Waals surface area (Å²) in [5.74, 6) is 1.59. The Morgan fingerprint density at radius 2 is 2.41 bits per heavy atom. The van der Waals surface area contributed by atoms with Crippen molar-refractivity contribution in [1.29, 1.82) is 0 Å². The van der Waals surface area contributed by atoms with Crippen molar-refractivity contribution in [2.45, 2.75) is 13.3 Å². The second-order valence-electron chi connectivity index (χ2n) is 4.09. The topological polar surface area (TPSA) is 36.9 Å². The molecule has 1 rings (SSSR count). The van der Waals surface area contributed by atoms with E-state index in [0.29, 0.717) is 12.5 Å². The molecule has 0 radical (unpaired) electrons. The van der Waals surface area contributed by atoms with Crippen LogP contribution in [0.2, 0.25) is 0 Å². The lowest BCUT2D eigenvalue weighted by atomic mass is 10.1. The van der Waals surface area contributed by atoms with Crippen LogP contribution in [-0.2, 0) is 4.74 Å². The van der Waals surface area contributed by atoms with Crippen molar-refractivity contribution in [3.8, 4) is 0 Å². The molecule has 0 aromatic rings. The molecule has 1 N–H and O–H groups in total. The Morgan fingerprint density at radius 3 is 2.94 bits per heavy atom. The predicted octanol–water partition coefficient (Wildman–Crippen LogP) is 1.72. The summed E-state index contributed by atoms with van der Waals surface area (Å²) in [4.78, 5) is 6.62. The van der Waals surface area contributed by atoms with Crippen LogP contribution in [0.1, 0.15) is 13.3 Å². The molecule has 17 heavy (non-hydrogen) atoms. The average Bonchev–Trinajstić information content (AvgIpc) is 2.76. The highest BCUT2D eigenvalue weighted by Crippen LogP contribution is 2.13. The molecule has 0 aromatic heterocycles. The number of nitrogens with one attached hydrogen (secondary N) is 1. The molecule has 4 nitrogen and oxygen atoms in total. The second kappa shape index (κ2) is 9.70. The Kier molecular flexibility index (Phi) is 9.53. The summed E-state index contributed by atoms with van der Waals surface area (Å²) in [6.07, 6.45) is 2.97. The smallest absolute Gasteiger partial charge is 0.193 e. The summed E-state index contributed by atoms with van der Waals surface area (Å²) in [6, 6.07) is 0. The van der Waals surface area contributed by atoms with Gasteiger partial charge in [0.05, 0.1) is 13.2 Å². The van der Waals surface area contributed by atoms with Gasteiger partial charge in [-0.1, -0.05) is 6.08 Å². The molecule has 0 bridgehead atoms. The maximum Gasteiger partial charge on any atom is 0.193 e. The van der Waals surface area contributed by atoms with Crippen LogP contribution < -0.4 is 5.32 Å².